The van der Waals surface area contributed by atoms with Crippen LogP contribution in [0.5, 0.6) is 0 Å². The average molecular weight is 358 g/mol. The standard InChI is InChI=1S/C11H16ClNO4S3/c1-8(5-6-19(2)15)13-10(14)7-9-3-4-11(18-9)20(12,16)17/h3-4,8H,5-7H2,1-2H3,(H,13,14). The molecule has 1 aromatic rings. The maximum absolute atomic E-state index is 11.8. The summed E-state index contributed by atoms with van der Waals surface area (Å²) >= 11 is 0.984. The summed E-state index contributed by atoms with van der Waals surface area (Å²) in [5.41, 5.74) is 0. The van der Waals surface area contributed by atoms with Crippen molar-refractivity contribution >= 4 is 47.8 Å². The fourth-order valence-electron chi connectivity index (χ4n) is 1.48. The van der Waals surface area contributed by atoms with E-state index in [-0.39, 0.29) is 22.6 Å². The molecule has 2 unspecified atom stereocenters. The van der Waals surface area contributed by atoms with Crippen molar-refractivity contribution in [2.24, 2.45) is 0 Å². The molecule has 1 rings (SSSR count). The molecule has 0 saturated carbocycles. The van der Waals surface area contributed by atoms with E-state index in [9.17, 15) is 17.4 Å². The van der Waals surface area contributed by atoms with Gasteiger partial charge in [-0.15, -0.1) is 11.3 Å². The lowest BCUT2D eigenvalue weighted by atomic mass is 10.2. The van der Waals surface area contributed by atoms with Gasteiger partial charge in [0.2, 0.25) is 5.91 Å². The van der Waals surface area contributed by atoms with E-state index in [1.807, 2.05) is 6.92 Å². The zero-order valence-corrected chi connectivity index (χ0v) is 14.3. The van der Waals surface area contributed by atoms with Crippen molar-refractivity contribution in [3.05, 3.63) is 17.0 Å². The van der Waals surface area contributed by atoms with Crippen LogP contribution in [0.4, 0.5) is 0 Å². The molecule has 0 spiro atoms. The summed E-state index contributed by atoms with van der Waals surface area (Å²) in [4.78, 5) is 12.4. The van der Waals surface area contributed by atoms with Gasteiger partial charge in [-0.2, -0.15) is 0 Å². The Morgan fingerprint density at radius 1 is 1.50 bits per heavy atom. The second-order valence-electron chi connectivity index (χ2n) is 4.37. The minimum atomic E-state index is -3.73. The Bertz CT molecular complexity index is 597. The van der Waals surface area contributed by atoms with Crippen molar-refractivity contribution in [3.8, 4) is 0 Å². The fourth-order valence-corrected chi connectivity index (χ4v) is 4.29. The third-order valence-corrected chi connectivity index (χ3v) is 6.45. The van der Waals surface area contributed by atoms with Crippen molar-refractivity contribution in [3.63, 3.8) is 0 Å². The Morgan fingerprint density at radius 3 is 2.65 bits per heavy atom. The van der Waals surface area contributed by atoms with Crippen LogP contribution in [0.25, 0.3) is 0 Å². The highest BCUT2D eigenvalue weighted by Gasteiger charge is 2.15. The number of hydrogen-bond donors (Lipinski definition) is 1. The number of rotatable bonds is 7. The smallest absolute Gasteiger partial charge is 0.270 e. The van der Waals surface area contributed by atoms with E-state index in [4.69, 9.17) is 10.7 Å². The minimum absolute atomic E-state index is 0.0383. The molecule has 0 radical (unpaired) electrons. The first kappa shape index (κ1) is 17.6. The van der Waals surface area contributed by atoms with Gasteiger partial charge < -0.3 is 5.32 Å². The molecule has 20 heavy (non-hydrogen) atoms. The summed E-state index contributed by atoms with van der Waals surface area (Å²) in [6.07, 6.45) is 2.37. The van der Waals surface area contributed by atoms with Crippen LogP contribution < -0.4 is 5.32 Å². The molecule has 1 heterocycles. The topological polar surface area (TPSA) is 80.3 Å². The molecule has 0 fully saturated rings. The number of thiophene rings is 1. The third-order valence-electron chi connectivity index (χ3n) is 2.46. The van der Waals surface area contributed by atoms with E-state index in [0.717, 1.165) is 11.3 Å². The normalized spacial score (nSPS) is 14.8. The summed E-state index contributed by atoms with van der Waals surface area (Å²) in [6, 6.07) is 2.90. The second-order valence-corrected chi connectivity index (χ2v) is 9.89. The average Bonchev–Trinajstić information content (AvgIpc) is 2.74. The van der Waals surface area contributed by atoms with Crippen molar-refractivity contribution in [1.82, 2.24) is 5.32 Å². The van der Waals surface area contributed by atoms with Gasteiger partial charge in [-0.3, -0.25) is 9.00 Å². The summed E-state index contributed by atoms with van der Waals surface area (Å²) in [7, 11) is 0.607. The van der Waals surface area contributed by atoms with Gasteiger partial charge in [-0.25, -0.2) is 8.42 Å². The lowest BCUT2D eigenvalue weighted by molar-refractivity contribution is -0.121. The van der Waals surface area contributed by atoms with E-state index in [1.165, 1.54) is 6.07 Å². The summed E-state index contributed by atoms with van der Waals surface area (Å²) in [5.74, 6) is 0.342. The molecule has 114 valence electrons. The van der Waals surface area contributed by atoms with Crippen LogP contribution >= 0.6 is 22.0 Å². The first-order valence-electron chi connectivity index (χ1n) is 5.81. The van der Waals surface area contributed by atoms with Gasteiger partial charge in [0, 0.05) is 44.4 Å². The molecule has 0 aliphatic heterocycles. The number of halogens is 1. The zero-order valence-electron chi connectivity index (χ0n) is 11.1. The molecule has 0 aromatic carbocycles. The SMILES string of the molecule is CC(CCS(C)=O)NC(=O)Cc1ccc(S(=O)(=O)Cl)s1. The van der Waals surface area contributed by atoms with Crippen LogP contribution in [-0.4, -0.2) is 36.6 Å². The highest BCUT2D eigenvalue weighted by Crippen LogP contribution is 2.25. The maximum atomic E-state index is 11.8. The van der Waals surface area contributed by atoms with Crippen LogP contribution in [0.2, 0.25) is 0 Å². The van der Waals surface area contributed by atoms with Gasteiger partial charge in [-0.1, -0.05) is 0 Å². The highest BCUT2D eigenvalue weighted by atomic mass is 35.7. The van der Waals surface area contributed by atoms with E-state index in [2.05, 4.69) is 5.32 Å². The molecule has 1 aromatic heterocycles. The Balaban J connectivity index is 2.50. The van der Waals surface area contributed by atoms with Crippen molar-refractivity contribution in [2.75, 3.05) is 12.0 Å². The quantitative estimate of drug-likeness (QED) is 0.750. The van der Waals surface area contributed by atoms with Crippen molar-refractivity contribution < 1.29 is 17.4 Å². The first-order chi connectivity index (χ1) is 9.18. The van der Waals surface area contributed by atoms with Crippen LogP contribution in [0.3, 0.4) is 0 Å². The largest absolute Gasteiger partial charge is 0.353 e. The van der Waals surface area contributed by atoms with Crippen LogP contribution in [0.15, 0.2) is 16.3 Å². The van der Waals surface area contributed by atoms with E-state index in [0.29, 0.717) is 17.1 Å². The molecule has 1 amide bonds. The number of hydrogen-bond acceptors (Lipinski definition) is 5. The van der Waals surface area contributed by atoms with Crippen molar-refractivity contribution in [2.45, 2.75) is 30.0 Å². The summed E-state index contributed by atoms with van der Waals surface area (Å²) in [6.45, 7) is 1.84. The summed E-state index contributed by atoms with van der Waals surface area (Å²) in [5, 5.41) is 2.78. The monoisotopic (exact) mass is 357 g/mol. The van der Waals surface area contributed by atoms with Gasteiger partial charge in [0.1, 0.15) is 4.21 Å². The Hall–Kier alpha value is -0.440. The van der Waals surface area contributed by atoms with Crippen LogP contribution in [-0.2, 0) is 31.1 Å². The lowest BCUT2D eigenvalue weighted by Gasteiger charge is -2.12. The van der Waals surface area contributed by atoms with E-state index >= 15 is 0 Å². The van der Waals surface area contributed by atoms with Gasteiger partial charge in [0.05, 0.1) is 6.42 Å². The molecule has 2 atom stereocenters. The van der Waals surface area contributed by atoms with Gasteiger partial charge in [-0.05, 0) is 25.5 Å². The Morgan fingerprint density at radius 2 is 2.15 bits per heavy atom. The van der Waals surface area contributed by atoms with Gasteiger partial charge in [0.25, 0.3) is 9.05 Å². The second kappa shape index (κ2) is 7.53. The number of carbonyl (C=O) groups is 1. The van der Waals surface area contributed by atoms with Crippen LogP contribution in [0, 0.1) is 0 Å². The van der Waals surface area contributed by atoms with E-state index in [1.54, 1.807) is 12.3 Å². The van der Waals surface area contributed by atoms with Gasteiger partial charge >= 0.3 is 0 Å². The molecule has 5 nitrogen and oxygen atoms in total. The molecule has 0 aliphatic rings. The minimum Gasteiger partial charge on any atom is -0.353 e. The molecule has 9 heteroatoms. The Labute approximate surface area is 129 Å². The number of nitrogens with one attached hydrogen (secondary N) is 1. The maximum Gasteiger partial charge on any atom is 0.270 e. The third kappa shape index (κ3) is 6.34. The molecule has 1 N–H and O–H groups in total. The van der Waals surface area contributed by atoms with Gasteiger partial charge in [0.15, 0.2) is 0 Å². The number of amides is 1. The first-order valence-corrected chi connectivity index (χ1v) is 10.7. The van der Waals surface area contributed by atoms with E-state index < -0.39 is 19.9 Å². The fraction of sp³-hybridized carbons (Fsp3) is 0.545. The predicted octanol–water partition coefficient (Wildman–Crippen LogP) is 1.49. The Kier molecular flexibility index (Phi) is 6.63. The summed E-state index contributed by atoms with van der Waals surface area (Å²) < 4.78 is 33.2. The molecule has 0 bridgehead atoms. The molecule has 0 saturated heterocycles. The van der Waals surface area contributed by atoms with Crippen molar-refractivity contribution in [1.29, 1.82) is 0 Å². The molecular weight excluding hydrogens is 342 g/mol. The highest BCUT2D eigenvalue weighted by molar-refractivity contribution is 8.15. The number of carbonyl (C=O) groups excluding carboxylic acids is 1. The molecular formula is C11H16ClNO4S3. The predicted molar refractivity (Wildman–Crippen MR) is 82.2 cm³/mol. The zero-order chi connectivity index (χ0) is 15.3. The molecule has 0 aliphatic carbocycles. The lowest BCUT2D eigenvalue weighted by Crippen LogP contribution is -2.34. The van der Waals surface area contributed by atoms with Crippen LogP contribution in [0.1, 0.15) is 18.2 Å².